The quantitative estimate of drug-likeness (QED) is 0.190. The van der Waals surface area contributed by atoms with Crippen molar-refractivity contribution in [1.29, 1.82) is 0 Å². The van der Waals surface area contributed by atoms with Crippen molar-refractivity contribution in [3.8, 4) is 39.8 Å². The molecule has 6 aromatic rings. The molecule has 0 saturated carbocycles. The van der Waals surface area contributed by atoms with E-state index in [9.17, 15) is 22.0 Å². The maximum Gasteiger partial charge on any atom is 0.232 e. The molecule has 1 aliphatic rings. The molecule has 222 valence electrons. The molecule has 7 rings (SSSR count). The topological polar surface area (TPSA) is 108 Å². The Hall–Kier alpha value is -5.10. The minimum atomic E-state index is -3.77. The molecule has 44 heavy (non-hydrogen) atoms. The normalized spacial score (nSPS) is 12.7. The highest BCUT2D eigenvalue weighted by Crippen LogP contribution is 2.43. The lowest BCUT2D eigenvalue weighted by atomic mass is 9.98. The first-order valence-corrected chi connectivity index (χ1v) is 15.5. The van der Waals surface area contributed by atoms with Crippen molar-refractivity contribution in [3.63, 3.8) is 0 Å². The molecule has 1 aliphatic heterocycles. The number of benzene rings is 3. The van der Waals surface area contributed by atoms with Crippen molar-refractivity contribution >= 4 is 43.4 Å². The standard InChI is InChI=1S/C32H24F2N4O5S/c1-4-26(39)29-21-12-20(24(37(2)44(3,40)41)14-27(21)43-31(29)17-8-10-18(33)11-9-17)32-35-15-28-30(36-32)25-13-19-22(34)6-5-7-23(19)38(25)16-42-28/h5-15H,4,16H2,1-3H3. The molecule has 0 bridgehead atoms. The molecule has 0 amide bonds. The number of furan rings is 1. The Labute approximate surface area is 250 Å². The zero-order chi connectivity index (χ0) is 30.9. The van der Waals surface area contributed by atoms with Gasteiger partial charge in [0.1, 0.15) is 28.7 Å². The lowest BCUT2D eigenvalue weighted by Crippen LogP contribution is -2.25. The van der Waals surface area contributed by atoms with Crippen LogP contribution in [0.3, 0.4) is 0 Å². The van der Waals surface area contributed by atoms with Crippen LogP contribution in [0.4, 0.5) is 14.5 Å². The van der Waals surface area contributed by atoms with Crippen molar-refractivity contribution in [2.75, 3.05) is 17.6 Å². The van der Waals surface area contributed by atoms with Gasteiger partial charge in [-0.2, -0.15) is 0 Å². The van der Waals surface area contributed by atoms with Crippen molar-refractivity contribution in [2.45, 2.75) is 20.1 Å². The van der Waals surface area contributed by atoms with Gasteiger partial charge in [-0.25, -0.2) is 27.2 Å². The highest BCUT2D eigenvalue weighted by molar-refractivity contribution is 7.92. The summed E-state index contributed by atoms with van der Waals surface area (Å²) in [6, 6.07) is 15.2. The minimum absolute atomic E-state index is 0.135. The lowest BCUT2D eigenvalue weighted by Gasteiger charge is -2.22. The third kappa shape index (κ3) is 4.32. The molecule has 0 radical (unpaired) electrons. The van der Waals surface area contributed by atoms with Gasteiger partial charge in [-0.3, -0.25) is 9.10 Å². The third-order valence-electron chi connectivity index (χ3n) is 7.83. The first-order valence-electron chi connectivity index (χ1n) is 13.7. The second-order valence-corrected chi connectivity index (χ2v) is 12.5. The lowest BCUT2D eigenvalue weighted by molar-refractivity contribution is 0.0989. The number of halogens is 2. The molecule has 0 N–H and O–H groups in total. The number of ether oxygens (including phenoxy) is 1. The van der Waals surface area contributed by atoms with Crippen LogP contribution in [0.5, 0.6) is 5.75 Å². The SMILES string of the molecule is CCC(=O)c1c(-c2ccc(F)cc2)oc2cc(N(C)S(C)(=O)=O)c(-c3ncc4c(n3)-c3cc5c(F)cccc5n3CO4)cc12. The van der Waals surface area contributed by atoms with E-state index in [1.807, 2.05) is 0 Å². The Morgan fingerprint density at radius 2 is 1.84 bits per heavy atom. The molecular weight excluding hydrogens is 590 g/mol. The molecule has 0 fully saturated rings. The number of fused-ring (bicyclic) bond motifs is 6. The van der Waals surface area contributed by atoms with E-state index in [2.05, 4.69) is 4.98 Å². The maximum absolute atomic E-state index is 14.7. The van der Waals surface area contributed by atoms with Crippen molar-refractivity contribution in [3.05, 3.63) is 84.1 Å². The first kappa shape index (κ1) is 27.7. The van der Waals surface area contributed by atoms with Crippen LogP contribution >= 0.6 is 0 Å². The molecular formula is C32H24F2N4O5S. The molecule has 4 heterocycles. The van der Waals surface area contributed by atoms with Crippen LogP contribution in [-0.4, -0.2) is 42.0 Å². The zero-order valence-corrected chi connectivity index (χ0v) is 24.6. The highest BCUT2D eigenvalue weighted by atomic mass is 32.2. The Bertz CT molecular complexity index is 2260. The predicted molar refractivity (Wildman–Crippen MR) is 162 cm³/mol. The van der Waals surface area contributed by atoms with Gasteiger partial charge in [0.25, 0.3) is 0 Å². The van der Waals surface area contributed by atoms with E-state index in [0.717, 1.165) is 10.6 Å². The molecule has 0 aliphatic carbocycles. The molecule has 9 nitrogen and oxygen atoms in total. The summed E-state index contributed by atoms with van der Waals surface area (Å²) >= 11 is 0. The van der Waals surface area contributed by atoms with E-state index in [4.69, 9.17) is 14.1 Å². The minimum Gasteiger partial charge on any atom is -0.469 e. The number of rotatable bonds is 6. The smallest absolute Gasteiger partial charge is 0.232 e. The van der Waals surface area contributed by atoms with E-state index in [0.29, 0.717) is 44.6 Å². The summed E-state index contributed by atoms with van der Waals surface area (Å²) in [4.78, 5) is 22.6. The number of nitrogens with zero attached hydrogens (tertiary/aromatic N) is 4. The van der Waals surface area contributed by atoms with Gasteiger partial charge in [-0.05, 0) is 48.5 Å². The van der Waals surface area contributed by atoms with Gasteiger partial charge in [0.2, 0.25) is 10.0 Å². The van der Waals surface area contributed by atoms with Crippen molar-refractivity contribution in [1.82, 2.24) is 14.5 Å². The first-order chi connectivity index (χ1) is 21.0. The molecule has 3 aromatic heterocycles. The Morgan fingerprint density at radius 3 is 2.57 bits per heavy atom. The Morgan fingerprint density at radius 1 is 1.07 bits per heavy atom. The summed E-state index contributed by atoms with van der Waals surface area (Å²) in [6.45, 7) is 1.85. The summed E-state index contributed by atoms with van der Waals surface area (Å²) in [5.74, 6) is -0.269. The van der Waals surface area contributed by atoms with Gasteiger partial charge >= 0.3 is 0 Å². The average molecular weight is 615 g/mol. The molecule has 0 atom stereocenters. The van der Waals surface area contributed by atoms with Crippen LogP contribution in [0.2, 0.25) is 0 Å². The second-order valence-electron chi connectivity index (χ2n) is 10.5. The number of carbonyl (C=O) groups is 1. The summed E-state index contributed by atoms with van der Waals surface area (Å²) in [5.41, 5.74) is 3.18. The Balaban J connectivity index is 1.50. The maximum atomic E-state index is 14.7. The van der Waals surface area contributed by atoms with Crippen LogP contribution in [0, 0.1) is 11.6 Å². The predicted octanol–water partition coefficient (Wildman–Crippen LogP) is 6.80. The van der Waals surface area contributed by atoms with Crippen LogP contribution in [-0.2, 0) is 16.8 Å². The fraction of sp³-hybridized carbons (Fsp3) is 0.156. The van der Waals surface area contributed by atoms with Gasteiger partial charge in [-0.1, -0.05) is 13.0 Å². The summed E-state index contributed by atoms with van der Waals surface area (Å²) in [5, 5.41) is 0.832. The van der Waals surface area contributed by atoms with Gasteiger partial charge in [0, 0.05) is 41.4 Å². The molecule has 0 saturated heterocycles. The largest absolute Gasteiger partial charge is 0.469 e. The monoisotopic (exact) mass is 614 g/mol. The number of hydrogen-bond acceptors (Lipinski definition) is 7. The van der Waals surface area contributed by atoms with Gasteiger partial charge in [0.15, 0.2) is 24.1 Å². The van der Waals surface area contributed by atoms with Crippen LogP contribution < -0.4 is 9.04 Å². The van der Waals surface area contributed by atoms with Gasteiger partial charge in [-0.15, -0.1) is 0 Å². The van der Waals surface area contributed by atoms with E-state index in [1.165, 1.54) is 49.6 Å². The summed E-state index contributed by atoms with van der Waals surface area (Å²) in [6.07, 6.45) is 2.71. The van der Waals surface area contributed by atoms with E-state index in [1.54, 1.807) is 35.8 Å². The number of Topliss-reactive ketones (excluding diaryl/α,β-unsaturated/α-hetero) is 1. The van der Waals surface area contributed by atoms with Crippen LogP contribution in [0.1, 0.15) is 23.7 Å². The highest BCUT2D eigenvalue weighted by Gasteiger charge is 2.28. The van der Waals surface area contributed by atoms with Crippen LogP contribution in [0.15, 0.2) is 71.3 Å². The van der Waals surface area contributed by atoms with Gasteiger partial charge < -0.3 is 13.7 Å². The van der Waals surface area contributed by atoms with Gasteiger partial charge in [0.05, 0.1) is 34.9 Å². The summed E-state index contributed by atoms with van der Waals surface area (Å²) in [7, 11) is -2.37. The van der Waals surface area contributed by atoms with Crippen molar-refractivity contribution < 1.29 is 31.1 Å². The molecule has 0 spiro atoms. The van der Waals surface area contributed by atoms with Crippen molar-refractivity contribution in [2.24, 2.45) is 0 Å². The van der Waals surface area contributed by atoms with E-state index < -0.39 is 15.8 Å². The average Bonchev–Trinajstić information content (AvgIpc) is 3.59. The number of sulfonamides is 1. The third-order valence-corrected chi connectivity index (χ3v) is 9.02. The molecule has 3 aromatic carbocycles. The number of aromatic nitrogens is 3. The zero-order valence-electron chi connectivity index (χ0n) is 23.8. The summed E-state index contributed by atoms with van der Waals surface area (Å²) < 4.78 is 68.8. The number of carbonyl (C=O) groups excluding carboxylic acids is 1. The van der Waals surface area contributed by atoms with E-state index >= 15 is 0 Å². The number of hydrogen-bond donors (Lipinski definition) is 0. The fourth-order valence-corrected chi connectivity index (χ4v) is 6.02. The Kier molecular flexibility index (Phi) is 6.29. The fourth-order valence-electron chi connectivity index (χ4n) is 5.52. The number of ketones is 1. The van der Waals surface area contributed by atoms with Crippen LogP contribution in [0.25, 0.3) is 56.0 Å². The molecule has 0 unspecified atom stereocenters. The van der Waals surface area contributed by atoms with E-state index in [-0.39, 0.29) is 53.2 Å². The number of anilines is 1. The molecule has 12 heteroatoms. The second kappa shape index (κ2) is 9.98.